The summed E-state index contributed by atoms with van der Waals surface area (Å²) in [5.41, 5.74) is 1.86. The average Bonchev–Trinajstić information content (AvgIpc) is 2.37. The second-order valence-electron chi connectivity index (χ2n) is 5.13. The summed E-state index contributed by atoms with van der Waals surface area (Å²) < 4.78 is 10.8. The van der Waals surface area contributed by atoms with Gasteiger partial charge in [-0.25, -0.2) is 0 Å². The zero-order valence-electron chi connectivity index (χ0n) is 12.2. The third-order valence-electron chi connectivity index (χ3n) is 2.61. The third-order valence-corrected chi connectivity index (χ3v) is 2.61. The fraction of sp³-hybridized carbons (Fsp3) is 0.600. The SMILES string of the molecule is CC(C)OCc1ccc(COCC(=O)C(C)C)nc1. The summed E-state index contributed by atoms with van der Waals surface area (Å²) in [4.78, 5) is 15.7. The van der Waals surface area contributed by atoms with Gasteiger partial charge in [-0.05, 0) is 25.5 Å². The van der Waals surface area contributed by atoms with Crippen molar-refractivity contribution in [2.45, 2.75) is 47.0 Å². The molecule has 4 heteroatoms. The lowest BCUT2D eigenvalue weighted by atomic mass is 10.1. The van der Waals surface area contributed by atoms with Crippen LogP contribution in [0.4, 0.5) is 0 Å². The molecule has 0 fully saturated rings. The van der Waals surface area contributed by atoms with Crippen LogP contribution in [-0.2, 0) is 27.5 Å². The maximum absolute atomic E-state index is 11.4. The first-order chi connectivity index (χ1) is 8.99. The van der Waals surface area contributed by atoms with Crippen molar-refractivity contribution in [3.8, 4) is 0 Å². The molecule has 0 saturated heterocycles. The molecule has 1 heterocycles. The minimum Gasteiger partial charge on any atom is -0.374 e. The van der Waals surface area contributed by atoms with Crippen molar-refractivity contribution in [2.24, 2.45) is 5.92 Å². The summed E-state index contributed by atoms with van der Waals surface area (Å²) in [5.74, 6) is 0.130. The molecular formula is C15H23NO3. The average molecular weight is 265 g/mol. The number of Topliss-reactive ketones (excluding diaryl/α,β-unsaturated/α-hetero) is 1. The predicted octanol–water partition coefficient (Wildman–Crippen LogP) is 2.75. The summed E-state index contributed by atoms with van der Waals surface area (Å²) >= 11 is 0. The number of aromatic nitrogens is 1. The maximum Gasteiger partial charge on any atom is 0.160 e. The van der Waals surface area contributed by atoms with Crippen molar-refractivity contribution in [1.29, 1.82) is 0 Å². The lowest BCUT2D eigenvalue weighted by molar-refractivity contribution is -0.126. The Morgan fingerprint density at radius 3 is 2.47 bits per heavy atom. The Morgan fingerprint density at radius 2 is 1.95 bits per heavy atom. The van der Waals surface area contributed by atoms with Crippen molar-refractivity contribution in [3.63, 3.8) is 0 Å². The molecule has 1 aromatic heterocycles. The molecule has 0 aliphatic rings. The Balaban J connectivity index is 2.34. The highest BCUT2D eigenvalue weighted by molar-refractivity contribution is 5.81. The van der Waals surface area contributed by atoms with Crippen LogP contribution >= 0.6 is 0 Å². The normalized spacial score (nSPS) is 11.3. The first-order valence-electron chi connectivity index (χ1n) is 6.65. The van der Waals surface area contributed by atoms with Gasteiger partial charge in [0.15, 0.2) is 5.78 Å². The largest absolute Gasteiger partial charge is 0.374 e. The summed E-state index contributed by atoms with van der Waals surface area (Å²) in [6.45, 7) is 8.82. The van der Waals surface area contributed by atoms with E-state index < -0.39 is 0 Å². The fourth-order valence-corrected chi connectivity index (χ4v) is 1.31. The number of carbonyl (C=O) groups is 1. The Hall–Kier alpha value is -1.26. The molecule has 4 nitrogen and oxygen atoms in total. The molecule has 0 amide bonds. The number of hydrogen-bond donors (Lipinski definition) is 0. The van der Waals surface area contributed by atoms with Crippen molar-refractivity contribution in [2.75, 3.05) is 6.61 Å². The van der Waals surface area contributed by atoms with Gasteiger partial charge in [-0.3, -0.25) is 9.78 Å². The van der Waals surface area contributed by atoms with Gasteiger partial charge in [0.1, 0.15) is 6.61 Å². The van der Waals surface area contributed by atoms with Crippen LogP contribution in [0.5, 0.6) is 0 Å². The molecule has 106 valence electrons. The zero-order valence-corrected chi connectivity index (χ0v) is 12.2. The third kappa shape index (κ3) is 6.45. The van der Waals surface area contributed by atoms with Crippen LogP contribution in [-0.4, -0.2) is 23.5 Å². The number of ether oxygens (including phenoxy) is 2. The number of nitrogens with zero attached hydrogens (tertiary/aromatic N) is 1. The van der Waals surface area contributed by atoms with Gasteiger partial charge in [0.2, 0.25) is 0 Å². The number of rotatable bonds is 8. The highest BCUT2D eigenvalue weighted by atomic mass is 16.5. The molecule has 19 heavy (non-hydrogen) atoms. The summed E-state index contributed by atoms with van der Waals surface area (Å²) in [6, 6.07) is 3.87. The molecule has 0 bridgehead atoms. The minimum absolute atomic E-state index is 0.0171. The molecule has 1 rings (SSSR count). The minimum atomic E-state index is 0.0171. The summed E-state index contributed by atoms with van der Waals surface area (Å²) in [7, 11) is 0. The van der Waals surface area contributed by atoms with E-state index >= 15 is 0 Å². The second kappa shape index (κ2) is 8.02. The van der Waals surface area contributed by atoms with E-state index in [-0.39, 0.29) is 24.4 Å². The standard InChI is InChI=1S/C15H23NO3/c1-11(2)15(17)10-18-9-14-6-5-13(7-16-14)8-19-12(3)4/h5-7,11-12H,8-10H2,1-4H3. The molecule has 1 aromatic rings. The topological polar surface area (TPSA) is 48.4 Å². The predicted molar refractivity (Wildman–Crippen MR) is 73.7 cm³/mol. The van der Waals surface area contributed by atoms with E-state index in [2.05, 4.69) is 4.98 Å². The van der Waals surface area contributed by atoms with Gasteiger partial charge in [-0.2, -0.15) is 0 Å². The van der Waals surface area contributed by atoms with Crippen molar-refractivity contribution in [3.05, 3.63) is 29.6 Å². The van der Waals surface area contributed by atoms with Gasteiger partial charge in [0.25, 0.3) is 0 Å². The Morgan fingerprint density at radius 1 is 1.21 bits per heavy atom. The second-order valence-corrected chi connectivity index (χ2v) is 5.13. The molecule has 0 saturated carbocycles. The molecule has 0 spiro atoms. The molecule has 0 aliphatic carbocycles. The van der Waals surface area contributed by atoms with Crippen LogP contribution in [0.3, 0.4) is 0 Å². The first kappa shape index (κ1) is 15.8. The van der Waals surface area contributed by atoms with Crippen molar-refractivity contribution >= 4 is 5.78 Å². The van der Waals surface area contributed by atoms with Crippen LogP contribution in [0, 0.1) is 5.92 Å². The molecule has 0 N–H and O–H groups in total. The van der Waals surface area contributed by atoms with Gasteiger partial charge >= 0.3 is 0 Å². The molecule has 0 aliphatic heterocycles. The maximum atomic E-state index is 11.4. The quantitative estimate of drug-likeness (QED) is 0.725. The summed E-state index contributed by atoms with van der Waals surface area (Å²) in [6.07, 6.45) is 2.00. The Bertz CT molecular complexity index is 385. The fourth-order valence-electron chi connectivity index (χ4n) is 1.31. The van der Waals surface area contributed by atoms with Gasteiger partial charge in [-0.1, -0.05) is 19.9 Å². The van der Waals surface area contributed by atoms with E-state index in [1.807, 2.05) is 39.8 Å². The first-order valence-corrected chi connectivity index (χ1v) is 6.65. The van der Waals surface area contributed by atoms with Crippen LogP contribution in [0.2, 0.25) is 0 Å². The lowest BCUT2D eigenvalue weighted by Gasteiger charge is -2.08. The van der Waals surface area contributed by atoms with E-state index in [0.29, 0.717) is 13.2 Å². The number of ketones is 1. The Labute approximate surface area is 115 Å². The monoisotopic (exact) mass is 265 g/mol. The van der Waals surface area contributed by atoms with Gasteiger partial charge < -0.3 is 9.47 Å². The van der Waals surface area contributed by atoms with Gasteiger partial charge in [-0.15, -0.1) is 0 Å². The van der Waals surface area contributed by atoms with E-state index in [1.54, 1.807) is 6.20 Å². The molecule has 0 unspecified atom stereocenters. The van der Waals surface area contributed by atoms with Gasteiger partial charge in [0.05, 0.1) is 25.0 Å². The van der Waals surface area contributed by atoms with E-state index in [9.17, 15) is 4.79 Å². The van der Waals surface area contributed by atoms with Crippen LogP contribution in [0.25, 0.3) is 0 Å². The lowest BCUT2D eigenvalue weighted by Crippen LogP contribution is -2.14. The zero-order chi connectivity index (χ0) is 14.3. The Kier molecular flexibility index (Phi) is 6.67. The number of carbonyl (C=O) groups excluding carboxylic acids is 1. The van der Waals surface area contributed by atoms with E-state index in [4.69, 9.17) is 9.47 Å². The summed E-state index contributed by atoms with van der Waals surface area (Å²) in [5, 5.41) is 0. The number of hydrogen-bond acceptors (Lipinski definition) is 4. The highest BCUT2D eigenvalue weighted by Crippen LogP contribution is 2.05. The van der Waals surface area contributed by atoms with E-state index in [0.717, 1.165) is 11.3 Å². The molecule has 0 atom stereocenters. The molecular weight excluding hydrogens is 242 g/mol. The van der Waals surface area contributed by atoms with Crippen LogP contribution in [0.15, 0.2) is 18.3 Å². The molecule has 0 aromatic carbocycles. The van der Waals surface area contributed by atoms with Crippen molar-refractivity contribution < 1.29 is 14.3 Å². The molecule has 0 radical (unpaired) electrons. The highest BCUT2D eigenvalue weighted by Gasteiger charge is 2.07. The van der Waals surface area contributed by atoms with Crippen molar-refractivity contribution in [1.82, 2.24) is 4.98 Å². The van der Waals surface area contributed by atoms with Crippen LogP contribution < -0.4 is 0 Å². The smallest absolute Gasteiger partial charge is 0.160 e. The van der Waals surface area contributed by atoms with Gasteiger partial charge in [0, 0.05) is 12.1 Å². The van der Waals surface area contributed by atoms with Crippen LogP contribution in [0.1, 0.15) is 39.0 Å². The van der Waals surface area contributed by atoms with E-state index in [1.165, 1.54) is 0 Å². The number of pyridine rings is 1.